The number of ether oxygens (including phenoxy) is 1. The number of aryl methyl sites for hydroxylation is 2. The highest BCUT2D eigenvalue weighted by Crippen LogP contribution is 2.23. The molecule has 9 nitrogen and oxygen atoms in total. The summed E-state index contributed by atoms with van der Waals surface area (Å²) >= 11 is 0. The molecule has 166 valence electrons. The quantitative estimate of drug-likeness (QED) is 0.451. The summed E-state index contributed by atoms with van der Waals surface area (Å²) in [6, 6.07) is 15.1. The third kappa shape index (κ3) is 3.73. The normalized spacial score (nSPS) is 11.2. The maximum absolute atomic E-state index is 12.9. The number of nitrogens with one attached hydrogen (secondary N) is 1. The van der Waals surface area contributed by atoms with Crippen LogP contribution in [0.1, 0.15) is 11.1 Å². The Balaban J connectivity index is 1.48. The Kier molecular flexibility index (Phi) is 4.93. The lowest BCUT2D eigenvalue weighted by atomic mass is 10.0. The van der Waals surface area contributed by atoms with Crippen LogP contribution in [-0.2, 0) is 11.3 Å². The maximum atomic E-state index is 12.9. The molecule has 2 aromatic carbocycles. The molecule has 33 heavy (non-hydrogen) atoms. The number of nitrogens with zero attached hydrogens (tertiary/aromatic N) is 5. The molecule has 5 rings (SSSR count). The zero-order valence-electron chi connectivity index (χ0n) is 18.4. The second kappa shape index (κ2) is 7.94. The van der Waals surface area contributed by atoms with E-state index in [9.17, 15) is 9.59 Å². The van der Waals surface area contributed by atoms with Crippen molar-refractivity contribution >= 4 is 22.8 Å². The van der Waals surface area contributed by atoms with E-state index in [4.69, 9.17) is 4.74 Å². The molecule has 0 aliphatic rings. The van der Waals surface area contributed by atoms with Crippen LogP contribution in [0.2, 0.25) is 0 Å². The number of hydrogen-bond donors (Lipinski definition) is 1. The largest absolute Gasteiger partial charge is 0.497 e. The molecule has 3 aromatic heterocycles. The Hall–Kier alpha value is -4.40. The molecule has 1 amide bonds. The summed E-state index contributed by atoms with van der Waals surface area (Å²) in [4.78, 5) is 25.4. The second-order valence-corrected chi connectivity index (χ2v) is 7.87. The molecule has 0 spiro atoms. The third-order valence-electron chi connectivity index (χ3n) is 5.64. The number of amides is 1. The SMILES string of the molecule is COc1cccc(NC(=O)Cn2nc3c4cc(-c5ccc(C)c(C)c5)nn4ccn3c2=O)c1. The van der Waals surface area contributed by atoms with E-state index in [1.165, 1.54) is 15.5 Å². The van der Waals surface area contributed by atoms with E-state index in [0.29, 0.717) is 22.6 Å². The average Bonchev–Trinajstić information content (AvgIpc) is 3.37. The molecule has 0 aliphatic carbocycles. The van der Waals surface area contributed by atoms with Gasteiger partial charge in [0.25, 0.3) is 0 Å². The first-order valence-electron chi connectivity index (χ1n) is 10.4. The number of benzene rings is 2. The molecular formula is C24H22N6O3. The molecule has 0 unspecified atom stereocenters. The number of carbonyl (C=O) groups excluding carboxylic acids is 1. The number of anilines is 1. The number of methoxy groups -OCH3 is 1. The first kappa shape index (κ1) is 20.5. The van der Waals surface area contributed by atoms with Crippen molar-refractivity contribution in [3.8, 4) is 17.0 Å². The van der Waals surface area contributed by atoms with Gasteiger partial charge in [-0.15, -0.1) is 5.10 Å². The van der Waals surface area contributed by atoms with Crippen LogP contribution in [0.5, 0.6) is 5.75 Å². The second-order valence-electron chi connectivity index (χ2n) is 7.87. The Morgan fingerprint density at radius 2 is 1.88 bits per heavy atom. The fraction of sp³-hybridized carbons (Fsp3) is 0.167. The van der Waals surface area contributed by atoms with Gasteiger partial charge in [0.1, 0.15) is 17.8 Å². The van der Waals surface area contributed by atoms with Crippen molar-refractivity contribution in [1.29, 1.82) is 0 Å². The van der Waals surface area contributed by atoms with Crippen molar-refractivity contribution < 1.29 is 9.53 Å². The number of aromatic nitrogens is 5. The summed E-state index contributed by atoms with van der Waals surface area (Å²) in [5, 5.41) is 11.8. The van der Waals surface area contributed by atoms with Crippen LogP contribution >= 0.6 is 0 Å². The molecule has 0 bridgehead atoms. The van der Waals surface area contributed by atoms with Crippen molar-refractivity contribution in [3.63, 3.8) is 0 Å². The lowest BCUT2D eigenvalue weighted by molar-refractivity contribution is -0.117. The van der Waals surface area contributed by atoms with E-state index in [0.717, 1.165) is 15.9 Å². The summed E-state index contributed by atoms with van der Waals surface area (Å²) in [7, 11) is 1.56. The molecule has 0 saturated carbocycles. The predicted molar refractivity (Wildman–Crippen MR) is 125 cm³/mol. The van der Waals surface area contributed by atoms with Crippen LogP contribution in [0.15, 0.2) is 65.7 Å². The van der Waals surface area contributed by atoms with Gasteiger partial charge in [-0.25, -0.2) is 18.4 Å². The Labute approximate surface area is 188 Å². The minimum Gasteiger partial charge on any atom is -0.497 e. The van der Waals surface area contributed by atoms with Gasteiger partial charge in [-0.3, -0.25) is 4.79 Å². The molecule has 5 aromatic rings. The molecule has 3 heterocycles. The van der Waals surface area contributed by atoms with Crippen molar-refractivity contribution in [2.24, 2.45) is 0 Å². The van der Waals surface area contributed by atoms with Crippen LogP contribution in [0.3, 0.4) is 0 Å². The average molecular weight is 442 g/mol. The van der Waals surface area contributed by atoms with Gasteiger partial charge in [-0.05, 0) is 49.2 Å². The monoisotopic (exact) mass is 442 g/mol. The Bertz CT molecular complexity index is 1580. The summed E-state index contributed by atoms with van der Waals surface area (Å²) < 4.78 is 9.42. The fourth-order valence-corrected chi connectivity index (χ4v) is 3.72. The topological polar surface area (TPSA) is 94.9 Å². The van der Waals surface area contributed by atoms with E-state index in [1.54, 1.807) is 48.3 Å². The van der Waals surface area contributed by atoms with Gasteiger partial charge in [0.15, 0.2) is 5.65 Å². The predicted octanol–water partition coefficient (Wildman–Crippen LogP) is 3.07. The smallest absolute Gasteiger partial charge is 0.350 e. The van der Waals surface area contributed by atoms with Crippen LogP contribution < -0.4 is 15.7 Å². The highest BCUT2D eigenvalue weighted by molar-refractivity contribution is 5.90. The lowest BCUT2D eigenvalue weighted by Crippen LogP contribution is -2.28. The standard InChI is InChI=1S/C24H22N6O3/c1-15-7-8-17(11-16(15)2)20-13-21-23-27-30(24(32)28(23)9-10-29(21)26-20)14-22(31)25-18-5-4-6-19(12-18)33-3/h4-13H,14H2,1-3H3,(H,25,31). The van der Waals surface area contributed by atoms with E-state index in [1.807, 2.05) is 12.1 Å². The van der Waals surface area contributed by atoms with Gasteiger partial charge < -0.3 is 10.1 Å². The highest BCUT2D eigenvalue weighted by atomic mass is 16.5. The summed E-state index contributed by atoms with van der Waals surface area (Å²) in [6.45, 7) is 3.91. The van der Waals surface area contributed by atoms with Crippen LogP contribution in [0.4, 0.5) is 5.69 Å². The zero-order valence-corrected chi connectivity index (χ0v) is 18.4. The Morgan fingerprint density at radius 3 is 2.67 bits per heavy atom. The van der Waals surface area contributed by atoms with E-state index >= 15 is 0 Å². The maximum Gasteiger partial charge on any atom is 0.350 e. The van der Waals surface area contributed by atoms with E-state index in [2.05, 4.69) is 41.5 Å². The van der Waals surface area contributed by atoms with E-state index in [-0.39, 0.29) is 12.5 Å². The summed E-state index contributed by atoms with van der Waals surface area (Å²) in [5.41, 5.74) is 5.44. The van der Waals surface area contributed by atoms with Gasteiger partial charge in [-0.1, -0.05) is 18.2 Å². The number of fused-ring (bicyclic) bond motifs is 3. The number of rotatable bonds is 5. The minimum absolute atomic E-state index is 0.220. The number of hydrogen-bond acceptors (Lipinski definition) is 5. The van der Waals surface area contributed by atoms with Gasteiger partial charge >= 0.3 is 5.69 Å². The fourth-order valence-electron chi connectivity index (χ4n) is 3.72. The first-order valence-corrected chi connectivity index (χ1v) is 10.4. The van der Waals surface area contributed by atoms with E-state index < -0.39 is 5.69 Å². The molecule has 1 N–H and O–H groups in total. The van der Waals surface area contributed by atoms with Crippen molar-refractivity contribution in [2.45, 2.75) is 20.4 Å². The molecule has 0 fully saturated rings. The van der Waals surface area contributed by atoms with Gasteiger partial charge in [0, 0.05) is 29.7 Å². The van der Waals surface area contributed by atoms with Crippen molar-refractivity contribution in [2.75, 3.05) is 12.4 Å². The molecular weight excluding hydrogens is 420 g/mol. The summed E-state index contributed by atoms with van der Waals surface area (Å²) in [6.07, 6.45) is 3.31. The molecule has 0 saturated heterocycles. The van der Waals surface area contributed by atoms with Crippen LogP contribution in [0.25, 0.3) is 22.4 Å². The number of carbonyl (C=O) groups is 1. The van der Waals surface area contributed by atoms with Crippen molar-refractivity contribution in [3.05, 3.63) is 82.5 Å². The van der Waals surface area contributed by atoms with Crippen LogP contribution in [0, 0.1) is 13.8 Å². The minimum atomic E-state index is -0.401. The molecule has 9 heteroatoms. The van der Waals surface area contributed by atoms with Gasteiger partial charge in [0.2, 0.25) is 5.91 Å². The van der Waals surface area contributed by atoms with Gasteiger partial charge in [0.05, 0.1) is 12.8 Å². The van der Waals surface area contributed by atoms with Crippen LogP contribution in [-0.4, -0.2) is 36.8 Å². The van der Waals surface area contributed by atoms with Crippen molar-refractivity contribution in [1.82, 2.24) is 23.8 Å². The first-order chi connectivity index (χ1) is 15.9. The molecule has 0 radical (unpaired) electrons. The Morgan fingerprint density at radius 1 is 1.03 bits per heavy atom. The highest BCUT2D eigenvalue weighted by Gasteiger charge is 2.16. The summed E-state index contributed by atoms with van der Waals surface area (Å²) in [5.74, 6) is 0.259. The lowest BCUT2D eigenvalue weighted by Gasteiger charge is -2.06. The third-order valence-corrected chi connectivity index (χ3v) is 5.64. The van der Waals surface area contributed by atoms with Gasteiger partial charge in [-0.2, -0.15) is 5.10 Å². The molecule has 0 atom stereocenters. The zero-order chi connectivity index (χ0) is 23.1. The molecule has 0 aliphatic heterocycles.